The molecule has 0 aliphatic heterocycles. The molecule has 1 N–H and O–H groups in total. The van der Waals surface area contributed by atoms with Gasteiger partial charge in [0.1, 0.15) is 0 Å². The quantitative estimate of drug-likeness (QED) is 0.643. The van der Waals surface area contributed by atoms with Gasteiger partial charge < -0.3 is 9.84 Å². The van der Waals surface area contributed by atoms with Crippen molar-refractivity contribution >= 4 is 0 Å². The Balaban J connectivity index is 3.85. The molecule has 0 fully saturated rings. The lowest BCUT2D eigenvalue weighted by Crippen LogP contribution is -2.30. The highest BCUT2D eigenvalue weighted by atomic mass is 16.5. The maximum absolute atomic E-state index is 8.73. The number of hydrogen-bond donors (Lipinski definition) is 1. The van der Waals surface area contributed by atoms with Gasteiger partial charge in [-0.25, -0.2) is 0 Å². The van der Waals surface area contributed by atoms with Crippen LogP contribution in [0.25, 0.3) is 0 Å². The zero-order valence-electron chi connectivity index (χ0n) is 10.2. The molecule has 0 heterocycles. The first-order valence-corrected chi connectivity index (χ1v) is 5.74. The Hall–Kier alpha value is -0.0800. The van der Waals surface area contributed by atoms with Crippen molar-refractivity contribution in [3.63, 3.8) is 0 Å². The molecule has 14 heavy (non-hydrogen) atoms. The molecule has 0 bridgehead atoms. The Labute approximate surface area is 88.7 Å². The molecule has 0 aromatic carbocycles. The Kier molecular flexibility index (Phi) is 7.20. The predicted octanol–water partition coefficient (Wildman–Crippen LogP) is 2.99. The molecule has 0 spiro atoms. The van der Waals surface area contributed by atoms with Crippen LogP contribution in [0.2, 0.25) is 0 Å². The molecule has 0 aliphatic carbocycles. The maximum Gasteiger partial charge on any atom is 0.0701 e. The van der Waals surface area contributed by atoms with Gasteiger partial charge in [0.15, 0.2) is 0 Å². The summed E-state index contributed by atoms with van der Waals surface area (Å²) in [6.45, 7) is 9.39. The van der Waals surface area contributed by atoms with Crippen LogP contribution in [0.5, 0.6) is 0 Å². The summed E-state index contributed by atoms with van der Waals surface area (Å²) >= 11 is 0. The van der Waals surface area contributed by atoms with Crippen molar-refractivity contribution in [2.24, 2.45) is 5.41 Å². The van der Waals surface area contributed by atoms with E-state index in [0.717, 1.165) is 6.42 Å². The summed E-state index contributed by atoms with van der Waals surface area (Å²) in [5, 5.41) is 8.73. The van der Waals surface area contributed by atoms with Crippen molar-refractivity contribution in [3.05, 3.63) is 0 Å². The zero-order valence-corrected chi connectivity index (χ0v) is 10.2. The van der Waals surface area contributed by atoms with Crippen LogP contribution >= 0.6 is 0 Å². The summed E-state index contributed by atoms with van der Waals surface area (Å²) < 4.78 is 5.65. The summed E-state index contributed by atoms with van der Waals surface area (Å²) in [5.74, 6) is 0. The van der Waals surface area contributed by atoms with Gasteiger partial charge >= 0.3 is 0 Å². The minimum atomic E-state index is 0.125. The number of ether oxygens (including phenoxy) is 1. The SMILES string of the molecule is CCCCCC(OCCO)C(C)(C)C. The minimum Gasteiger partial charge on any atom is -0.394 e. The van der Waals surface area contributed by atoms with Crippen molar-refractivity contribution < 1.29 is 9.84 Å². The van der Waals surface area contributed by atoms with Gasteiger partial charge in [0.05, 0.1) is 19.3 Å². The third-order valence-corrected chi connectivity index (χ3v) is 2.45. The van der Waals surface area contributed by atoms with Crippen molar-refractivity contribution in [3.8, 4) is 0 Å². The number of rotatable bonds is 7. The van der Waals surface area contributed by atoms with Gasteiger partial charge in [0, 0.05) is 0 Å². The average molecular weight is 202 g/mol. The van der Waals surface area contributed by atoms with E-state index in [1.54, 1.807) is 0 Å². The molecule has 0 rings (SSSR count). The molecule has 0 aromatic heterocycles. The van der Waals surface area contributed by atoms with Crippen LogP contribution in [0.15, 0.2) is 0 Å². The fourth-order valence-electron chi connectivity index (χ4n) is 1.54. The van der Waals surface area contributed by atoms with Gasteiger partial charge in [-0.15, -0.1) is 0 Å². The van der Waals surface area contributed by atoms with E-state index >= 15 is 0 Å². The highest BCUT2D eigenvalue weighted by Gasteiger charge is 2.24. The van der Waals surface area contributed by atoms with E-state index in [1.165, 1.54) is 19.3 Å². The number of aliphatic hydroxyl groups excluding tert-OH is 1. The van der Waals surface area contributed by atoms with Gasteiger partial charge in [-0.1, -0.05) is 47.0 Å². The number of unbranched alkanes of at least 4 members (excludes halogenated alkanes) is 2. The number of hydrogen-bond acceptors (Lipinski definition) is 2. The lowest BCUT2D eigenvalue weighted by Gasteiger charge is -2.30. The summed E-state index contributed by atoms with van der Waals surface area (Å²) in [4.78, 5) is 0. The second-order valence-electron chi connectivity index (χ2n) is 4.94. The predicted molar refractivity (Wildman–Crippen MR) is 60.4 cm³/mol. The van der Waals surface area contributed by atoms with E-state index in [-0.39, 0.29) is 18.1 Å². The van der Waals surface area contributed by atoms with Crippen LogP contribution in [0.3, 0.4) is 0 Å². The van der Waals surface area contributed by atoms with E-state index in [1.807, 2.05) is 0 Å². The van der Waals surface area contributed by atoms with Crippen LogP contribution in [0, 0.1) is 5.41 Å². The molecule has 2 heteroatoms. The lowest BCUT2D eigenvalue weighted by molar-refractivity contribution is -0.0369. The fraction of sp³-hybridized carbons (Fsp3) is 1.00. The third-order valence-electron chi connectivity index (χ3n) is 2.45. The van der Waals surface area contributed by atoms with E-state index in [9.17, 15) is 0 Å². The van der Waals surface area contributed by atoms with E-state index in [4.69, 9.17) is 9.84 Å². The Morgan fingerprint density at radius 3 is 2.29 bits per heavy atom. The fourth-order valence-corrected chi connectivity index (χ4v) is 1.54. The lowest BCUT2D eigenvalue weighted by atomic mass is 9.86. The second-order valence-corrected chi connectivity index (χ2v) is 4.94. The monoisotopic (exact) mass is 202 g/mol. The Morgan fingerprint density at radius 1 is 1.21 bits per heavy atom. The summed E-state index contributed by atoms with van der Waals surface area (Å²) in [5.41, 5.74) is 0.183. The molecule has 0 saturated carbocycles. The molecular formula is C12H26O2. The molecule has 0 amide bonds. The van der Waals surface area contributed by atoms with Gasteiger partial charge in [0.25, 0.3) is 0 Å². The highest BCUT2D eigenvalue weighted by molar-refractivity contribution is 4.74. The third kappa shape index (κ3) is 6.39. The standard InChI is InChI=1S/C12H26O2/c1-5-6-7-8-11(12(2,3)4)14-10-9-13/h11,13H,5-10H2,1-4H3. The van der Waals surface area contributed by atoms with Crippen LogP contribution < -0.4 is 0 Å². The first-order valence-electron chi connectivity index (χ1n) is 5.74. The van der Waals surface area contributed by atoms with Crippen LogP contribution in [-0.4, -0.2) is 24.4 Å². The number of aliphatic hydroxyl groups is 1. The molecule has 1 unspecified atom stereocenters. The van der Waals surface area contributed by atoms with Crippen LogP contribution in [0.4, 0.5) is 0 Å². The second kappa shape index (κ2) is 7.24. The van der Waals surface area contributed by atoms with Gasteiger partial charge in [-0.05, 0) is 11.8 Å². The molecule has 1 atom stereocenters. The van der Waals surface area contributed by atoms with E-state index in [0.29, 0.717) is 6.61 Å². The Bertz CT molecular complexity index is 127. The molecule has 2 nitrogen and oxygen atoms in total. The van der Waals surface area contributed by atoms with Gasteiger partial charge in [-0.3, -0.25) is 0 Å². The summed E-state index contributed by atoms with van der Waals surface area (Å²) in [6, 6.07) is 0. The molecule has 0 radical (unpaired) electrons. The largest absolute Gasteiger partial charge is 0.394 e. The van der Waals surface area contributed by atoms with Gasteiger partial charge in [0.2, 0.25) is 0 Å². The molecule has 0 aromatic rings. The zero-order chi connectivity index (χ0) is 11.0. The molecule has 0 saturated heterocycles. The summed E-state index contributed by atoms with van der Waals surface area (Å²) in [7, 11) is 0. The van der Waals surface area contributed by atoms with Crippen LogP contribution in [0.1, 0.15) is 53.4 Å². The molecule has 86 valence electrons. The first kappa shape index (κ1) is 13.9. The van der Waals surface area contributed by atoms with Crippen molar-refractivity contribution in [1.82, 2.24) is 0 Å². The van der Waals surface area contributed by atoms with Crippen molar-refractivity contribution in [2.75, 3.05) is 13.2 Å². The first-order chi connectivity index (χ1) is 6.52. The molecule has 0 aliphatic rings. The van der Waals surface area contributed by atoms with Crippen molar-refractivity contribution in [2.45, 2.75) is 59.5 Å². The van der Waals surface area contributed by atoms with Gasteiger partial charge in [-0.2, -0.15) is 0 Å². The van der Waals surface area contributed by atoms with Crippen molar-refractivity contribution in [1.29, 1.82) is 0 Å². The van der Waals surface area contributed by atoms with E-state index < -0.39 is 0 Å². The smallest absolute Gasteiger partial charge is 0.0701 e. The summed E-state index contributed by atoms with van der Waals surface area (Å²) in [6.07, 6.45) is 5.13. The average Bonchev–Trinajstić information content (AvgIpc) is 2.09. The molecular weight excluding hydrogens is 176 g/mol. The highest BCUT2D eigenvalue weighted by Crippen LogP contribution is 2.26. The maximum atomic E-state index is 8.73. The van der Waals surface area contributed by atoms with E-state index in [2.05, 4.69) is 27.7 Å². The normalized spacial score (nSPS) is 14.4. The Morgan fingerprint density at radius 2 is 1.86 bits per heavy atom. The van der Waals surface area contributed by atoms with Crippen LogP contribution in [-0.2, 0) is 4.74 Å². The topological polar surface area (TPSA) is 29.5 Å². The minimum absolute atomic E-state index is 0.125.